The van der Waals surface area contributed by atoms with Gasteiger partial charge in [0.15, 0.2) is 0 Å². The van der Waals surface area contributed by atoms with Crippen LogP contribution in [0.15, 0.2) is 6.07 Å². The number of primary amides is 1. The highest BCUT2D eigenvalue weighted by molar-refractivity contribution is 5.91. The van der Waals surface area contributed by atoms with Gasteiger partial charge in [0.2, 0.25) is 0 Å². The number of rotatable bonds is 2. The smallest absolute Gasteiger partial charge is 0.334 e. The molecule has 0 saturated carbocycles. The zero-order chi connectivity index (χ0) is 9.30. The van der Waals surface area contributed by atoms with Gasteiger partial charge in [-0.3, -0.25) is 4.79 Å². The van der Waals surface area contributed by atoms with Gasteiger partial charge in [0.25, 0.3) is 5.91 Å². The van der Waals surface area contributed by atoms with Crippen LogP contribution < -0.4 is 11.5 Å². The average Bonchev–Trinajstić information content (AvgIpc) is 2.31. The van der Waals surface area contributed by atoms with Crippen LogP contribution in [0.4, 0.5) is 14.6 Å². The van der Waals surface area contributed by atoms with E-state index in [2.05, 4.69) is 5.10 Å². The third-order valence-electron chi connectivity index (χ3n) is 1.19. The molecule has 7 heteroatoms. The van der Waals surface area contributed by atoms with E-state index in [1.54, 1.807) is 0 Å². The van der Waals surface area contributed by atoms with Crippen molar-refractivity contribution in [1.82, 2.24) is 9.78 Å². The van der Waals surface area contributed by atoms with Gasteiger partial charge in [-0.1, -0.05) is 0 Å². The number of carbonyl (C=O) groups excluding carboxylic acids is 1. The van der Waals surface area contributed by atoms with Crippen LogP contribution in [0.2, 0.25) is 0 Å². The zero-order valence-corrected chi connectivity index (χ0v) is 5.87. The molecule has 1 rings (SSSR count). The summed E-state index contributed by atoms with van der Waals surface area (Å²) >= 11 is 0. The summed E-state index contributed by atoms with van der Waals surface area (Å²) in [7, 11) is 0. The molecule has 4 N–H and O–H groups in total. The highest BCUT2D eigenvalue weighted by Crippen LogP contribution is 2.14. The van der Waals surface area contributed by atoms with Crippen LogP contribution in [0.25, 0.3) is 0 Å². The lowest BCUT2D eigenvalue weighted by molar-refractivity contribution is 0.0520. The Morgan fingerprint density at radius 1 is 1.67 bits per heavy atom. The van der Waals surface area contributed by atoms with Gasteiger partial charge in [0.1, 0.15) is 11.5 Å². The summed E-state index contributed by atoms with van der Waals surface area (Å²) in [5, 5.41) is 3.18. The Hall–Kier alpha value is -1.66. The largest absolute Gasteiger partial charge is 0.382 e. The maximum Gasteiger partial charge on any atom is 0.334 e. The molecule has 12 heavy (non-hydrogen) atoms. The standard InChI is InChI=1S/C5H6F2N4O/c6-5(7)11-2(4(9)12)1-3(8)10-11/h1,5H,(H2,8,10)(H2,9,12). The summed E-state index contributed by atoms with van der Waals surface area (Å²) < 4.78 is 24.3. The minimum Gasteiger partial charge on any atom is -0.382 e. The van der Waals surface area contributed by atoms with Crippen LogP contribution in [-0.4, -0.2) is 15.7 Å². The second-order valence-corrected chi connectivity index (χ2v) is 2.04. The minimum atomic E-state index is -2.91. The highest BCUT2D eigenvalue weighted by Gasteiger charge is 2.17. The molecule has 0 aliphatic heterocycles. The first-order valence-corrected chi connectivity index (χ1v) is 2.95. The van der Waals surface area contributed by atoms with E-state index in [1.165, 1.54) is 0 Å². The van der Waals surface area contributed by atoms with Gasteiger partial charge in [-0.15, -0.1) is 5.10 Å². The van der Waals surface area contributed by atoms with E-state index in [-0.39, 0.29) is 10.5 Å². The topological polar surface area (TPSA) is 86.9 Å². The van der Waals surface area contributed by atoms with Crippen molar-refractivity contribution in [3.63, 3.8) is 0 Å². The average molecular weight is 176 g/mol. The molecule has 0 unspecified atom stereocenters. The number of nitrogens with zero attached hydrogens (tertiary/aromatic N) is 2. The molecule has 1 amide bonds. The molecule has 0 aliphatic rings. The molecule has 66 valence electrons. The molecule has 1 heterocycles. The maximum absolute atomic E-state index is 12.0. The van der Waals surface area contributed by atoms with Crippen LogP contribution in [0.3, 0.4) is 0 Å². The normalized spacial score (nSPS) is 10.6. The summed E-state index contributed by atoms with van der Waals surface area (Å²) in [6, 6.07) is 0.995. The predicted octanol–water partition coefficient (Wildman–Crippen LogP) is -0.0407. The molecule has 0 fully saturated rings. The predicted molar refractivity (Wildman–Crippen MR) is 36.4 cm³/mol. The van der Waals surface area contributed by atoms with E-state index in [9.17, 15) is 13.6 Å². The quantitative estimate of drug-likeness (QED) is 0.662. The van der Waals surface area contributed by atoms with E-state index in [0.29, 0.717) is 0 Å². The number of halogens is 2. The molecular formula is C5H6F2N4O. The molecule has 1 aromatic rings. The van der Waals surface area contributed by atoms with Crippen molar-refractivity contribution in [2.75, 3.05) is 5.73 Å². The monoisotopic (exact) mass is 176 g/mol. The van der Waals surface area contributed by atoms with E-state index in [4.69, 9.17) is 11.5 Å². The Labute approximate surface area is 65.9 Å². The van der Waals surface area contributed by atoms with Crippen molar-refractivity contribution in [1.29, 1.82) is 0 Å². The molecule has 0 spiro atoms. The zero-order valence-electron chi connectivity index (χ0n) is 5.87. The second kappa shape index (κ2) is 2.76. The number of hydrogen-bond acceptors (Lipinski definition) is 3. The number of alkyl halides is 2. The fourth-order valence-corrected chi connectivity index (χ4v) is 0.746. The van der Waals surface area contributed by atoms with E-state index >= 15 is 0 Å². The number of nitrogen functional groups attached to an aromatic ring is 1. The summed E-state index contributed by atoms with van der Waals surface area (Å²) in [5.74, 6) is -1.15. The van der Waals surface area contributed by atoms with Crippen LogP contribution in [-0.2, 0) is 0 Å². The lowest BCUT2D eigenvalue weighted by atomic mass is 10.4. The Morgan fingerprint density at radius 3 is 2.58 bits per heavy atom. The molecule has 0 atom stereocenters. The van der Waals surface area contributed by atoms with Crippen LogP contribution in [0, 0.1) is 0 Å². The molecule has 0 aliphatic carbocycles. The van der Waals surface area contributed by atoms with Gasteiger partial charge in [-0.25, -0.2) is 0 Å². The molecule has 1 aromatic heterocycles. The SMILES string of the molecule is NC(=O)c1cc(N)nn1C(F)F. The van der Waals surface area contributed by atoms with Gasteiger partial charge in [0.05, 0.1) is 0 Å². The van der Waals surface area contributed by atoms with Crippen LogP contribution >= 0.6 is 0 Å². The highest BCUT2D eigenvalue weighted by atomic mass is 19.3. The number of amides is 1. The van der Waals surface area contributed by atoms with Crippen molar-refractivity contribution in [2.24, 2.45) is 5.73 Å². The van der Waals surface area contributed by atoms with Gasteiger partial charge < -0.3 is 11.5 Å². The van der Waals surface area contributed by atoms with Crippen LogP contribution in [0.1, 0.15) is 17.0 Å². The Bertz CT molecular complexity index is 308. The van der Waals surface area contributed by atoms with Crippen molar-refractivity contribution >= 4 is 11.7 Å². The number of hydrogen-bond donors (Lipinski definition) is 2. The van der Waals surface area contributed by atoms with Gasteiger partial charge in [0, 0.05) is 6.07 Å². The van der Waals surface area contributed by atoms with E-state index in [0.717, 1.165) is 6.07 Å². The summed E-state index contributed by atoms with van der Waals surface area (Å²) in [4.78, 5) is 10.5. The maximum atomic E-state index is 12.0. The van der Waals surface area contributed by atoms with E-state index < -0.39 is 18.2 Å². The number of anilines is 1. The summed E-state index contributed by atoms with van der Waals surface area (Å²) in [6.07, 6.45) is 0. The van der Waals surface area contributed by atoms with Crippen molar-refractivity contribution in [3.05, 3.63) is 11.8 Å². The number of carbonyl (C=O) groups is 1. The fraction of sp³-hybridized carbons (Fsp3) is 0.200. The first kappa shape index (κ1) is 8.44. The fourth-order valence-electron chi connectivity index (χ4n) is 0.746. The Balaban J connectivity index is 3.17. The second-order valence-electron chi connectivity index (χ2n) is 2.04. The Kier molecular flexibility index (Phi) is 1.94. The summed E-state index contributed by atoms with van der Waals surface area (Å²) in [5.41, 5.74) is 9.46. The summed E-state index contributed by atoms with van der Waals surface area (Å²) in [6.45, 7) is -2.91. The molecule has 0 saturated heterocycles. The lowest BCUT2D eigenvalue weighted by Gasteiger charge is -2.00. The number of aromatic nitrogens is 2. The molecular weight excluding hydrogens is 170 g/mol. The van der Waals surface area contributed by atoms with Crippen molar-refractivity contribution < 1.29 is 13.6 Å². The third-order valence-corrected chi connectivity index (χ3v) is 1.19. The molecule has 0 bridgehead atoms. The van der Waals surface area contributed by atoms with E-state index in [1.807, 2.05) is 0 Å². The molecule has 0 aromatic carbocycles. The Morgan fingerprint density at radius 2 is 2.25 bits per heavy atom. The van der Waals surface area contributed by atoms with Crippen molar-refractivity contribution in [2.45, 2.75) is 6.55 Å². The third kappa shape index (κ3) is 1.34. The van der Waals surface area contributed by atoms with Crippen LogP contribution in [0.5, 0.6) is 0 Å². The number of nitrogens with two attached hydrogens (primary N) is 2. The lowest BCUT2D eigenvalue weighted by Crippen LogP contribution is -2.18. The van der Waals surface area contributed by atoms with Crippen molar-refractivity contribution in [3.8, 4) is 0 Å². The minimum absolute atomic E-state index is 0.163. The van der Waals surface area contributed by atoms with Gasteiger partial charge in [-0.05, 0) is 0 Å². The molecule has 0 radical (unpaired) electrons. The first-order valence-electron chi connectivity index (χ1n) is 2.95. The van der Waals surface area contributed by atoms with Gasteiger partial charge >= 0.3 is 6.55 Å². The van der Waals surface area contributed by atoms with Gasteiger partial charge in [-0.2, -0.15) is 13.5 Å². The molecule has 5 nitrogen and oxygen atoms in total. The first-order chi connectivity index (χ1) is 5.52.